The second kappa shape index (κ2) is 9.50. The van der Waals surface area contributed by atoms with E-state index in [9.17, 15) is 14.3 Å². The number of aromatic nitrogens is 1. The third-order valence-electron chi connectivity index (χ3n) is 5.77. The van der Waals surface area contributed by atoms with E-state index in [0.717, 1.165) is 10.3 Å². The van der Waals surface area contributed by atoms with Crippen molar-refractivity contribution in [1.82, 2.24) is 4.98 Å². The van der Waals surface area contributed by atoms with Gasteiger partial charge in [-0.05, 0) is 42.0 Å². The fourth-order valence-electron chi connectivity index (χ4n) is 4.15. The first-order chi connectivity index (χ1) is 16.5. The molecule has 0 spiro atoms. The lowest BCUT2D eigenvalue weighted by atomic mass is 9.92. The molecule has 34 heavy (non-hydrogen) atoms. The van der Waals surface area contributed by atoms with E-state index in [4.69, 9.17) is 14.2 Å². The largest absolute Gasteiger partial charge is 0.487 e. The fourth-order valence-corrected chi connectivity index (χ4v) is 5.07. The third-order valence-corrected chi connectivity index (χ3v) is 6.76. The topological polar surface area (TPSA) is 77.9 Å². The first-order valence-electron chi connectivity index (χ1n) is 10.8. The maximum atomic E-state index is 13.6. The van der Waals surface area contributed by atoms with Gasteiger partial charge in [-0.3, -0.25) is 0 Å². The number of halogens is 1. The highest BCUT2D eigenvalue weighted by Gasteiger charge is 2.34. The van der Waals surface area contributed by atoms with Gasteiger partial charge in [0.2, 0.25) is 0 Å². The highest BCUT2D eigenvalue weighted by Crippen LogP contribution is 2.40. The Morgan fingerprint density at radius 3 is 2.91 bits per heavy atom. The van der Waals surface area contributed by atoms with Gasteiger partial charge in [0, 0.05) is 12.0 Å². The molecule has 174 valence electrons. The van der Waals surface area contributed by atoms with E-state index in [1.807, 2.05) is 30.3 Å². The molecule has 1 aliphatic heterocycles. The van der Waals surface area contributed by atoms with Crippen molar-refractivity contribution in [2.45, 2.75) is 31.3 Å². The summed E-state index contributed by atoms with van der Waals surface area (Å²) in [5.74, 6) is -0.174. The Balaban J connectivity index is 1.46. The average Bonchev–Trinajstić information content (AvgIpc) is 3.26. The minimum Gasteiger partial charge on any atom is -0.487 e. The van der Waals surface area contributed by atoms with E-state index in [-0.39, 0.29) is 12.4 Å². The number of nitrogens with zero attached hydrogens (tertiary/aromatic N) is 1. The van der Waals surface area contributed by atoms with Crippen LogP contribution in [0.15, 0.2) is 66.7 Å². The van der Waals surface area contributed by atoms with Crippen LogP contribution in [0.5, 0.6) is 5.75 Å². The number of fused-ring (bicyclic) bond motifs is 2. The molecule has 0 saturated heterocycles. The summed E-state index contributed by atoms with van der Waals surface area (Å²) in [7, 11) is 1.33. The van der Waals surface area contributed by atoms with Crippen molar-refractivity contribution in [3.05, 3.63) is 94.2 Å². The van der Waals surface area contributed by atoms with Crippen LogP contribution in [0.3, 0.4) is 0 Å². The van der Waals surface area contributed by atoms with Gasteiger partial charge >= 0.3 is 5.97 Å². The number of aliphatic hydroxyl groups is 1. The van der Waals surface area contributed by atoms with E-state index in [1.165, 1.54) is 30.6 Å². The lowest BCUT2D eigenvalue weighted by Crippen LogP contribution is -2.33. The molecule has 2 heterocycles. The van der Waals surface area contributed by atoms with Gasteiger partial charge in [-0.25, -0.2) is 14.2 Å². The predicted octanol–water partition coefficient (Wildman–Crippen LogP) is 5.36. The summed E-state index contributed by atoms with van der Waals surface area (Å²) in [6.07, 6.45) is -1.51. The molecular weight excluding hydrogens is 457 g/mol. The zero-order chi connectivity index (χ0) is 23.7. The Morgan fingerprint density at radius 1 is 1.21 bits per heavy atom. The number of rotatable bonds is 6. The fraction of sp³-hybridized carbons (Fsp3) is 0.231. The normalized spacial score (nSPS) is 18.2. The summed E-state index contributed by atoms with van der Waals surface area (Å²) in [6.45, 7) is 0.158. The molecule has 4 aromatic rings. The Hall–Kier alpha value is -3.33. The SMILES string of the molecule is COC(=O)c1cccc(C(OCc2nc3ccc(F)cc3s2)C2CC(O)c3ccccc3O2)c1. The maximum absolute atomic E-state index is 13.6. The Bertz CT molecular complexity index is 1340. The van der Waals surface area contributed by atoms with E-state index < -0.39 is 24.3 Å². The van der Waals surface area contributed by atoms with Gasteiger partial charge in [-0.15, -0.1) is 11.3 Å². The number of aliphatic hydroxyl groups excluding tert-OH is 1. The van der Waals surface area contributed by atoms with Crippen LogP contribution >= 0.6 is 11.3 Å². The van der Waals surface area contributed by atoms with Crippen molar-refractivity contribution in [3.63, 3.8) is 0 Å². The van der Waals surface area contributed by atoms with Crippen molar-refractivity contribution in [2.75, 3.05) is 7.11 Å². The number of ether oxygens (including phenoxy) is 3. The van der Waals surface area contributed by atoms with Crippen molar-refractivity contribution in [1.29, 1.82) is 0 Å². The average molecular weight is 480 g/mol. The smallest absolute Gasteiger partial charge is 0.337 e. The molecule has 1 aromatic heterocycles. The van der Waals surface area contributed by atoms with Gasteiger partial charge in [0.1, 0.15) is 28.8 Å². The molecule has 3 atom stereocenters. The number of hydrogen-bond donors (Lipinski definition) is 1. The lowest BCUT2D eigenvalue weighted by Gasteiger charge is -2.34. The van der Waals surface area contributed by atoms with Gasteiger partial charge in [0.25, 0.3) is 0 Å². The third kappa shape index (κ3) is 4.52. The van der Waals surface area contributed by atoms with Crippen LogP contribution < -0.4 is 4.74 Å². The van der Waals surface area contributed by atoms with Gasteiger partial charge in [-0.1, -0.05) is 30.3 Å². The van der Waals surface area contributed by atoms with Gasteiger partial charge in [0.15, 0.2) is 0 Å². The second-order valence-corrected chi connectivity index (χ2v) is 9.13. The number of benzene rings is 3. The Labute approximate surface area is 199 Å². The molecule has 0 saturated carbocycles. The molecule has 0 aliphatic carbocycles. The minimum absolute atomic E-state index is 0.158. The number of methoxy groups -OCH3 is 1. The molecule has 0 radical (unpaired) electrons. The molecular formula is C26H22FNO5S. The molecule has 5 rings (SSSR count). The van der Waals surface area contributed by atoms with Crippen molar-refractivity contribution in [2.24, 2.45) is 0 Å². The molecule has 0 amide bonds. The highest BCUT2D eigenvalue weighted by molar-refractivity contribution is 7.18. The van der Waals surface area contributed by atoms with Gasteiger partial charge < -0.3 is 19.3 Å². The number of para-hydroxylation sites is 1. The first kappa shape index (κ1) is 22.5. The second-order valence-electron chi connectivity index (χ2n) is 8.01. The van der Waals surface area contributed by atoms with Crippen LogP contribution in [0.2, 0.25) is 0 Å². The molecule has 3 aromatic carbocycles. The van der Waals surface area contributed by atoms with Crippen LogP contribution in [-0.2, 0) is 16.1 Å². The van der Waals surface area contributed by atoms with Crippen LogP contribution in [0.1, 0.15) is 45.1 Å². The van der Waals surface area contributed by atoms with E-state index in [2.05, 4.69) is 4.98 Å². The Morgan fingerprint density at radius 2 is 2.06 bits per heavy atom. The van der Waals surface area contributed by atoms with Gasteiger partial charge in [0.05, 0.1) is 35.6 Å². The summed E-state index contributed by atoms with van der Waals surface area (Å²) < 4.78 is 31.7. The molecule has 6 nitrogen and oxygen atoms in total. The highest BCUT2D eigenvalue weighted by atomic mass is 32.1. The minimum atomic E-state index is -0.713. The van der Waals surface area contributed by atoms with Crippen LogP contribution in [-0.4, -0.2) is 29.3 Å². The predicted molar refractivity (Wildman–Crippen MR) is 125 cm³/mol. The summed E-state index contributed by atoms with van der Waals surface area (Å²) in [5.41, 5.74) is 2.54. The summed E-state index contributed by atoms with van der Waals surface area (Å²) in [4.78, 5) is 16.7. The molecule has 3 unspecified atom stereocenters. The van der Waals surface area contributed by atoms with Crippen LogP contribution in [0, 0.1) is 5.82 Å². The molecule has 1 N–H and O–H groups in total. The van der Waals surface area contributed by atoms with Crippen molar-refractivity contribution in [3.8, 4) is 5.75 Å². The molecule has 0 bridgehead atoms. The van der Waals surface area contributed by atoms with E-state index in [0.29, 0.717) is 33.8 Å². The monoisotopic (exact) mass is 479 g/mol. The quantitative estimate of drug-likeness (QED) is 0.375. The van der Waals surface area contributed by atoms with E-state index in [1.54, 1.807) is 24.3 Å². The number of esters is 1. The molecule has 1 aliphatic rings. The number of carbonyl (C=O) groups is 1. The standard InChI is InChI=1S/C26H22FNO5S/c1-31-26(30)16-6-4-5-15(11-16)25(22-13-20(29)18-7-2-3-8-21(18)33-22)32-14-24-28-19-10-9-17(27)12-23(19)34-24/h2-12,20,22,25,29H,13-14H2,1H3. The zero-order valence-electron chi connectivity index (χ0n) is 18.3. The zero-order valence-corrected chi connectivity index (χ0v) is 19.1. The lowest BCUT2D eigenvalue weighted by molar-refractivity contribution is -0.0636. The van der Waals surface area contributed by atoms with Crippen LogP contribution in [0.25, 0.3) is 10.2 Å². The summed E-state index contributed by atoms with van der Waals surface area (Å²) in [5, 5.41) is 11.4. The van der Waals surface area contributed by atoms with Crippen LogP contribution in [0.4, 0.5) is 4.39 Å². The molecule has 8 heteroatoms. The number of hydrogen-bond acceptors (Lipinski definition) is 7. The summed E-state index contributed by atoms with van der Waals surface area (Å²) >= 11 is 1.36. The number of carbonyl (C=O) groups excluding carboxylic acids is 1. The maximum Gasteiger partial charge on any atom is 0.337 e. The van der Waals surface area contributed by atoms with Crippen molar-refractivity contribution >= 4 is 27.5 Å². The van der Waals surface area contributed by atoms with Crippen molar-refractivity contribution < 1.29 is 28.5 Å². The van der Waals surface area contributed by atoms with Gasteiger partial charge in [-0.2, -0.15) is 0 Å². The Kier molecular flexibility index (Phi) is 6.28. The summed E-state index contributed by atoms with van der Waals surface area (Å²) in [6, 6.07) is 18.8. The molecule has 0 fully saturated rings. The first-order valence-corrected chi connectivity index (χ1v) is 11.6. The van der Waals surface area contributed by atoms with E-state index >= 15 is 0 Å². The number of thiazole rings is 1.